The summed E-state index contributed by atoms with van der Waals surface area (Å²) in [7, 11) is -7.41. The quantitative estimate of drug-likeness (QED) is 0.366. The Morgan fingerprint density at radius 1 is 0.886 bits per heavy atom. The Balaban J connectivity index is 1.57. The molecular weight excluding hydrogens is 533 g/mol. The molecule has 186 valence electrons. The number of sulfonamides is 2. The number of carbonyl (C=O) groups is 1. The molecule has 0 fully saturated rings. The average Bonchev–Trinajstić information content (AvgIpc) is 2.78. The van der Waals surface area contributed by atoms with Crippen LogP contribution in [0.4, 0.5) is 17.1 Å². The number of nitrogens with one attached hydrogen (secondary N) is 2. The molecule has 0 saturated heterocycles. The lowest BCUT2D eigenvalue weighted by molar-refractivity contribution is -0.116. The highest BCUT2D eigenvalue weighted by atomic mass is 35.5. The molecule has 0 aliphatic carbocycles. The zero-order valence-electron chi connectivity index (χ0n) is 18.6. The number of amides is 1. The van der Waals surface area contributed by atoms with E-state index in [-0.39, 0.29) is 40.9 Å². The Labute approximate surface area is 215 Å². The van der Waals surface area contributed by atoms with Crippen LogP contribution in [0.2, 0.25) is 10.0 Å². The Hall–Kier alpha value is -2.79. The van der Waals surface area contributed by atoms with E-state index in [0.29, 0.717) is 16.4 Å². The first-order chi connectivity index (χ1) is 16.5. The molecule has 0 unspecified atom stereocenters. The number of halogens is 2. The molecule has 3 aromatic carbocycles. The highest BCUT2D eigenvalue weighted by Crippen LogP contribution is 2.25. The Morgan fingerprint density at radius 2 is 1.51 bits per heavy atom. The second-order valence-electron chi connectivity index (χ2n) is 7.57. The first-order valence-electron chi connectivity index (χ1n) is 10.4. The van der Waals surface area contributed by atoms with Crippen LogP contribution >= 0.6 is 23.2 Å². The predicted octanol–water partition coefficient (Wildman–Crippen LogP) is 4.98. The molecule has 0 bridgehead atoms. The van der Waals surface area contributed by atoms with Crippen LogP contribution in [-0.2, 0) is 24.8 Å². The number of benzene rings is 3. The summed E-state index contributed by atoms with van der Waals surface area (Å²) in [5.74, 6) is -0.334. The van der Waals surface area contributed by atoms with Crippen LogP contribution in [-0.4, -0.2) is 35.5 Å². The molecular formula is C23H23Cl2N3O5S2. The summed E-state index contributed by atoms with van der Waals surface area (Å²) >= 11 is 11.9. The summed E-state index contributed by atoms with van der Waals surface area (Å²) in [6.45, 7) is 0.110. The molecule has 0 radical (unpaired) electrons. The van der Waals surface area contributed by atoms with E-state index in [0.717, 1.165) is 6.26 Å². The second-order valence-corrected chi connectivity index (χ2v) is 12.0. The molecule has 0 heterocycles. The number of rotatable bonds is 10. The van der Waals surface area contributed by atoms with Crippen molar-refractivity contribution in [2.75, 3.05) is 27.1 Å². The SMILES string of the molecule is CS(=O)(=O)N(CCCC(=O)Nc1ccc(S(=O)(=O)Nc2ccccc2Cl)cc1)c1ccc(Cl)cc1. The van der Waals surface area contributed by atoms with Gasteiger partial charge in [0.05, 0.1) is 27.5 Å². The van der Waals surface area contributed by atoms with Crippen LogP contribution in [0.5, 0.6) is 0 Å². The number of hydrogen-bond donors (Lipinski definition) is 2. The molecule has 3 rings (SSSR count). The lowest BCUT2D eigenvalue weighted by Gasteiger charge is -2.22. The molecule has 0 atom stereocenters. The van der Waals surface area contributed by atoms with Crippen molar-refractivity contribution >= 4 is 66.2 Å². The molecule has 8 nitrogen and oxygen atoms in total. The van der Waals surface area contributed by atoms with E-state index >= 15 is 0 Å². The van der Waals surface area contributed by atoms with Gasteiger partial charge in [-0.3, -0.25) is 13.8 Å². The fourth-order valence-corrected chi connectivity index (χ4v) is 5.58. The smallest absolute Gasteiger partial charge is 0.261 e. The van der Waals surface area contributed by atoms with Crippen molar-refractivity contribution in [2.24, 2.45) is 0 Å². The van der Waals surface area contributed by atoms with E-state index in [4.69, 9.17) is 23.2 Å². The lowest BCUT2D eigenvalue weighted by Crippen LogP contribution is -2.31. The fourth-order valence-electron chi connectivity index (χ4n) is 3.17. The van der Waals surface area contributed by atoms with Crippen molar-refractivity contribution < 1.29 is 21.6 Å². The molecule has 3 aromatic rings. The summed E-state index contributed by atoms with van der Waals surface area (Å²) in [5, 5.41) is 3.43. The third-order valence-electron chi connectivity index (χ3n) is 4.85. The minimum absolute atomic E-state index is 0.00202. The van der Waals surface area contributed by atoms with Gasteiger partial charge in [0.2, 0.25) is 15.9 Å². The van der Waals surface area contributed by atoms with Crippen LogP contribution in [0.15, 0.2) is 77.7 Å². The van der Waals surface area contributed by atoms with Gasteiger partial charge in [0.25, 0.3) is 10.0 Å². The van der Waals surface area contributed by atoms with E-state index < -0.39 is 20.0 Å². The zero-order valence-corrected chi connectivity index (χ0v) is 21.8. The summed E-state index contributed by atoms with van der Waals surface area (Å²) < 4.78 is 53.1. The van der Waals surface area contributed by atoms with Crippen molar-refractivity contribution in [1.29, 1.82) is 0 Å². The van der Waals surface area contributed by atoms with Crippen LogP contribution in [0.25, 0.3) is 0 Å². The molecule has 35 heavy (non-hydrogen) atoms. The molecule has 0 aromatic heterocycles. The summed E-state index contributed by atoms with van der Waals surface area (Å²) in [4.78, 5) is 12.3. The van der Waals surface area contributed by atoms with Gasteiger partial charge in [0.15, 0.2) is 0 Å². The van der Waals surface area contributed by atoms with E-state index in [1.54, 1.807) is 48.5 Å². The van der Waals surface area contributed by atoms with Crippen LogP contribution in [0.3, 0.4) is 0 Å². The van der Waals surface area contributed by atoms with Gasteiger partial charge >= 0.3 is 0 Å². The first kappa shape index (κ1) is 26.8. The second kappa shape index (κ2) is 11.3. The Morgan fingerprint density at radius 3 is 2.11 bits per heavy atom. The first-order valence-corrected chi connectivity index (χ1v) is 14.4. The maximum atomic E-state index is 12.6. The predicted molar refractivity (Wildman–Crippen MR) is 140 cm³/mol. The molecule has 12 heteroatoms. The highest BCUT2D eigenvalue weighted by molar-refractivity contribution is 7.92. The Bertz CT molecular complexity index is 1400. The van der Waals surface area contributed by atoms with Crippen molar-refractivity contribution in [3.63, 3.8) is 0 Å². The van der Waals surface area contributed by atoms with E-state index in [2.05, 4.69) is 10.0 Å². The minimum Gasteiger partial charge on any atom is -0.326 e. The number of carbonyl (C=O) groups excluding carboxylic acids is 1. The number of anilines is 3. The van der Waals surface area contributed by atoms with Crippen LogP contribution in [0.1, 0.15) is 12.8 Å². The van der Waals surface area contributed by atoms with Gasteiger partial charge in [0.1, 0.15) is 0 Å². The number of para-hydroxylation sites is 1. The third-order valence-corrected chi connectivity index (χ3v) is 8.00. The molecule has 0 saturated carbocycles. The maximum Gasteiger partial charge on any atom is 0.261 e. The number of nitrogens with zero attached hydrogens (tertiary/aromatic N) is 1. The largest absolute Gasteiger partial charge is 0.326 e. The lowest BCUT2D eigenvalue weighted by atomic mass is 10.2. The average molecular weight is 556 g/mol. The van der Waals surface area contributed by atoms with E-state index in [9.17, 15) is 21.6 Å². The van der Waals surface area contributed by atoms with Gasteiger partial charge in [-0.05, 0) is 67.1 Å². The zero-order chi connectivity index (χ0) is 25.6. The van der Waals surface area contributed by atoms with E-state index in [1.165, 1.54) is 28.6 Å². The van der Waals surface area contributed by atoms with Gasteiger partial charge in [-0.15, -0.1) is 0 Å². The molecule has 0 aliphatic heterocycles. The summed E-state index contributed by atoms with van der Waals surface area (Å²) in [5.41, 5.74) is 1.12. The summed E-state index contributed by atoms with van der Waals surface area (Å²) in [6.07, 6.45) is 1.43. The fraction of sp³-hybridized carbons (Fsp3) is 0.174. The molecule has 2 N–H and O–H groups in total. The Kier molecular flexibility index (Phi) is 8.65. The molecule has 0 spiro atoms. The monoisotopic (exact) mass is 555 g/mol. The minimum atomic E-state index is -3.87. The number of hydrogen-bond acceptors (Lipinski definition) is 5. The van der Waals surface area contributed by atoms with Gasteiger partial charge in [-0.25, -0.2) is 16.8 Å². The van der Waals surface area contributed by atoms with Crippen molar-refractivity contribution in [1.82, 2.24) is 0 Å². The van der Waals surface area contributed by atoms with Crippen LogP contribution in [0, 0.1) is 0 Å². The highest BCUT2D eigenvalue weighted by Gasteiger charge is 2.18. The van der Waals surface area contributed by atoms with Gasteiger partial charge in [-0.1, -0.05) is 35.3 Å². The summed E-state index contributed by atoms with van der Waals surface area (Å²) in [6, 6.07) is 18.5. The van der Waals surface area contributed by atoms with Crippen LogP contribution < -0.4 is 14.3 Å². The van der Waals surface area contributed by atoms with Crippen molar-refractivity contribution in [2.45, 2.75) is 17.7 Å². The topological polar surface area (TPSA) is 113 Å². The van der Waals surface area contributed by atoms with Gasteiger partial charge < -0.3 is 5.32 Å². The molecule has 0 aliphatic rings. The van der Waals surface area contributed by atoms with Gasteiger partial charge in [-0.2, -0.15) is 0 Å². The normalized spacial score (nSPS) is 11.6. The van der Waals surface area contributed by atoms with Gasteiger partial charge in [0, 0.05) is 23.7 Å². The van der Waals surface area contributed by atoms with Crippen molar-refractivity contribution in [3.8, 4) is 0 Å². The third kappa shape index (κ3) is 7.60. The molecule has 1 amide bonds. The van der Waals surface area contributed by atoms with E-state index in [1.807, 2.05) is 0 Å². The standard InChI is InChI=1S/C23H23Cl2N3O5S2/c1-34(30,31)28(19-12-8-17(24)9-13-19)16-4-7-23(29)26-18-10-14-20(15-11-18)35(32,33)27-22-6-3-2-5-21(22)25/h2-3,5-6,8-15,27H,4,7,16H2,1H3,(H,26,29). The van der Waals surface area contributed by atoms with Crippen molar-refractivity contribution in [3.05, 3.63) is 82.8 Å². The maximum absolute atomic E-state index is 12.6.